The molecule has 0 saturated heterocycles. The van der Waals surface area contributed by atoms with Crippen LogP contribution < -0.4 is 5.32 Å². The molecule has 0 spiro atoms. The third-order valence-electron chi connectivity index (χ3n) is 3.12. The molecule has 1 atom stereocenters. The van der Waals surface area contributed by atoms with Crippen molar-refractivity contribution in [3.63, 3.8) is 0 Å². The smallest absolute Gasteiger partial charge is 0.128 e. The van der Waals surface area contributed by atoms with E-state index in [1.54, 1.807) is 25.2 Å². The van der Waals surface area contributed by atoms with Crippen LogP contribution in [0.1, 0.15) is 17.2 Å². The predicted molar refractivity (Wildman–Crippen MR) is 81.0 cm³/mol. The maximum atomic E-state index is 13.9. The van der Waals surface area contributed by atoms with Gasteiger partial charge in [-0.05, 0) is 49.4 Å². The number of rotatable bonds is 4. The average molecular weight is 361 g/mol. The van der Waals surface area contributed by atoms with E-state index in [9.17, 15) is 8.78 Å². The Hall–Kier alpha value is -0.970. The molecule has 0 bridgehead atoms. The summed E-state index contributed by atoms with van der Waals surface area (Å²) in [7, 11) is 1.75. The van der Waals surface area contributed by atoms with E-state index in [-0.39, 0.29) is 17.7 Å². The normalized spacial score (nSPS) is 12.4. The standard InChI is InChI=1S/C15H13BrClF2N/c1-20-15(12-7-10(16)3-5-14(12)19)6-9-2-4-11(18)8-13(9)17/h2-5,7-8,15,20H,6H2,1H3. The van der Waals surface area contributed by atoms with Crippen molar-refractivity contribution in [2.75, 3.05) is 7.05 Å². The SMILES string of the molecule is CNC(Cc1ccc(F)cc1Cl)c1cc(Br)ccc1F. The van der Waals surface area contributed by atoms with Gasteiger partial charge in [0.15, 0.2) is 0 Å². The summed E-state index contributed by atoms with van der Waals surface area (Å²) in [6.07, 6.45) is 0.475. The van der Waals surface area contributed by atoms with Crippen molar-refractivity contribution in [1.29, 1.82) is 0 Å². The number of nitrogens with one attached hydrogen (secondary N) is 1. The molecule has 0 amide bonds. The van der Waals surface area contributed by atoms with Crippen LogP contribution in [0, 0.1) is 11.6 Å². The first kappa shape index (κ1) is 15.4. The summed E-state index contributed by atoms with van der Waals surface area (Å²) in [5, 5.41) is 3.41. The molecule has 20 heavy (non-hydrogen) atoms. The highest BCUT2D eigenvalue weighted by Crippen LogP contribution is 2.27. The molecule has 1 unspecified atom stereocenters. The van der Waals surface area contributed by atoms with Gasteiger partial charge in [-0.2, -0.15) is 0 Å². The Labute approximate surface area is 130 Å². The van der Waals surface area contributed by atoms with Crippen LogP contribution in [-0.2, 0) is 6.42 Å². The van der Waals surface area contributed by atoms with Gasteiger partial charge in [0, 0.05) is 21.1 Å². The number of benzene rings is 2. The summed E-state index contributed by atoms with van der Waals surface area (Å²) in [5.74, 6) is -0.667. The summed E-state index contributed by atoms with van der Waals surface area (Å²) >= 11 is 9.35. The number of hydrogen-bond acceptors (Lipinski definition) is 1. The first-order chi connectivity index (χ1) is 9.51. The van der Waals surface area contributed by atoms with Crippen molar-refractivity contribution in [3.05, 3.63) is 68.7 Å². The maximum Gasteiger partial charge on any atom is 0.128 e. The molecule has 0 radical (unpaired) electrons. The maximum absolute atomic E-state index is 13.9. The van der Waals surface area contributed by atoms with Gasteiger partial charge in [-0.15, -0.1) is 0 Å². The highest BCUT2D eigenvalue weighted by Gasteiger charge is 2.16. The highest BCUT2D eigenvalue weighted by molar-refractivity contribution is 9.10. The number of likely N-dealkylation sites (N-methyl/N-ethyl adjacent to an activating group) is 1. The second-order valence-electron chi connectivity index (χ2n) is 4.45. The lowest BCUT2D eigenvalue weighted by atomic mass is 9.98. The summed E-state index contributed by atoms with van der Waals surface area (Å²) in [5.41, 5.74) is 1.31. The van der Waals surface area contributed by atoms with Gasteiger partial charge in [-0.25, -0.2) is 8.78 Å². The van der Waals surface area contributed by atoms with Gasteiger partial charge in [0.05, 0.1) is 0 Å². The molecule has 1 nitrogen and oxygen atoms in total. The molecular weight excluding hydrogens is 348 g/mol. The van der Waals surface area contributed by atoms with Gasteiger partial charge in [-0.1, -0.05) is 33.6 Å². The van der Waals surface area contributed by atoms with Gasteiger partial charge < -0.3 is 5.32 Å². The molecule has 0 aliphatic rings. The van der Waals surface area contributed by atoms with Crippen LogP contribution in [0.15, 0.2) is 40.9 Å². The largest absolute Gasteiger partial charge is 0.313 e. The fourth-order valence-electron chi connectivity index (χ4n) is 2.06. The molecule has 2 aromatic carbocycles. The molecule has 0 aliphatic carbocycles. The van der Waals surface area contributed by atoms with E-state index in [1.165, 1.54) is 18.2 Å². The van der Waals surface area contributed by atoms with Crippen LogP contribution in [0.3, 0.4) is 0 Å². The molecular formula is C15H13BrClF2N. The minimum atomic E-state index is -0.381. The highest BCUT2D eigenvalue weighted by atomic mass is 79.9. The van der Waals surface area contributed by atoms with E-state index < -0.39 is 0 Å². The minimum Gasteiger partial charge on any atom is -0.313 e. The number of halogens is 4. The molecule has 0 heterocycles. The van der Waals surface area contributed by atoms with Crippen LogP contribution in [0.5, 0.6) is 0 Å². The molecule has 2 rings (SSSR count). The van der Waals surface area contributed by atoms with Crippen LogP contribution in [0.4, 0.5) is 8.78 Å². The lowest BCUT2D eigenvalue weighted by Crippen LogP contribution is -2.20. The third-order valence-corrected chi connectivity index (χ3v) is 3.97. The van der Waals surface area contributed by atoms with Crippen molar-refractivity contribution in [1.82, 2.24) is 5.32 Å². The molecule has 0 aliphatic heterocycles. The first-order valence-corrected chi connectivity index (χ1v) is 7.24. The lowest BCUT2D eigenvalue weighted by Gasteiger charge is -2.18. The first-order valence-electron chi connectivity index (χ1n) is 6.07. The van der Waals surface area contributed by atoms with Gasteiger partial charge in [0.2, 0.25) is 0 Å². The molecule has 1 N–H and O–H groups in total. The van der Waals surface area contributed by atoms with E-state index in [1.807, 2.05) is 0 Å². The Bertz CT molecular complexity index is 619. The van der Waals surface area contributed by atoms with E-state index in [0.717, 1.165) is 10.0 Å². The van der Waals surface area contributed by atoms with Gasteiger partial charge in [0.1, 0.15) is 11.6 Å². The van der Waals surface area contributed by atoms with Gasteiger partial charge in [-0.3, -0.25) is 0 Å². The van der Waals surface area contributed by atoms with E-state index in [4.69, 9.17) is 11.6 Å². The molecule has 106 valence electrons. The average Bonchev–Trinajstić information content (AvgIpc) is 2.41. The summed E-state index contributed by atoms with van der Waals surface area (Å²) in [6.45, 7) is 0. The van der Waals surface area contributed by atoms with Crippen molar-refractivity contribution in [3.8, 4) is 0 Å². The van der Waals surface area contributed by atoms with Crippen molar-refractivity contribution >= 4 is 27.5 Å². The summed E-state index contributed by atoms with van der Waals surface area (Å²) in [4.78, 5) is 0. The monoisotopic (exact) mass is 359 g/mol. The second-order valence-corrected chi connectivity index (χ2v) is 5.77. The Morgan fingerprint density at radius 2 is 1.95 bits per heavy atom. The Balaban J connectivity index is 2.31. The lowest BCUT2D eigenvalue weighted by molar-refractivity contribution is 0.533. The zero-order chi connectivity index (χ0) is 14.7. The van der Waals surface area contributed by atoms with Crippen LogP contribution in [0.2, 0.25) is 5.02 Å². The van der Waals surface area contributed by atoms with Gasteiger partial charge in [0.25, 0.3) is 0 Å². The van der Waals surface area contributed by atoms with E-state index >= 15 is 0 Å². The summed E-state index contributed by atoms with van der Waals surface area (Å²) in [6, 6.07) is 8.79. The molecule has 0 fully saturated rings. The van der Waals surface area contributed by atoms with Gasteiger partial charge >= 0.3 is 0 Å². The second kappa shape index (κ2) is 6.66. The Kier molecular flexibility index (Phi) is 5.13. The van der Waals surface area contributed by atoms with Crippen LogP contribution in [0.25, 0.3) is 0 Å². The van der Waals surface area contributed by atoms with Crippen molar-refractivity contribution in [2.45, 2.75) is 12.5 Å². The quantitative estimate of drug-likeness (QED) is 0.819. The van der Waals surface area contributed by atoms with E-state index in [0.29, 0.717) is 17.0 Å². The molecule has 0 saturated carbocycles. The predicted octanol–water partition coefficient (Wildman–Crippen LogP) is 4.88. The van der Waals surface area contributed by atoms with E-state index in [2.05, 4.69) is 21.2 Å². The molecule has 2 aromatic rings. The zero-order valence-electron chi connectivity index (χ0n) is 10.8. The topological polar surface area (TPSA) is 12.0 Å². The summed E-state index contributed by atoms with van der Waals surface area (Å²) < 4.78 is 27.8. The Morgan fingerprint density at radius 1 is 1.20 bits per heavy atom. The fourth-order valence-corrected chi connectivity index (χ4v) is 2.68. The van der Waals surface area contributed by atoms with Crippen molar-refractivity contribution in [2.24, 2.45) is 0 Å². The van der Waals surface area contributed by atoms with Crippen LogP contribution >= 0.6 is 27.5 Å². The Morgan fingerprint density at radius 3 is 2.60 bits per heavy atom. The molecule has 5 heteroatoms. The molecule has 0 aromatic heterocycles. The minimum absolute atomic E-state index is 0.240. The zero-order valence-corrected chi connectivity index (χ0v) is 13.1. The fraction of sp³-hybridized carbons (Fsp3) is 0.200. The van der Waals surface area contributed by atoms with Crippen LogP contribution in [-0.4, -0.2) is 7.05 Å². The third kappa shape index (κ3) is 3.57. The van der Waals surface area contributed by atoms with Crippen molar-refractivity contribution < 1.29 is 8.78 Å². The number of hydrogen-bond donors (Lipinski definition) is 1.